The molecule has 1 aromatic carbocycles. The van der Waals surface area contributed by atoms with Gasteiger partial charge in [0.25, 0.3) is 0 Å². The van der Waals surface area contributed by atoms with E-state index in [-0.39, 0.29) is 24.4 Å². The average Bonchev–Trinajstić information content (AvgIpc) is 3.00. The maximum atomic E-state index is 12.0. The van der Waals surface area contributed by atoms with Gasteiger partial charge in [0.2, 0.25) is 5.91 Å². The zero-order valence-electron chi connectivity index (χ0n) is 10.7. The van der Waals surface area contributed by atoms with Crippen LogP contribution in [0.2, 0.25) is 0 Å². The zero-order valence-corrected chi connectivity index (χ0v) is 11.5. The first-order valence-electron chi connectivity index (χ1n) is 6.55. The van der Waals surface area contributed by atoms with Gasteiger partial charge in [-0.05, 0) is 31.5 Å². The van der Waals surface area contributed by atoms with E-state index in [1.807, 2.05) is 24.3 Å². The summed E-state index contributed by atoms with van der Waals surface area (Å²) in [4.78, 5) is 12.0. The minimum Gasteiger partial charge on any atom is -0.491 e. The van der Waals surface area contributed by atoms with Crippen LogP contribution in [0.15, 0.2) is 24.3 Å². The topological polar surface area (TPSA) is 50.4 Å². The predicted molar refractivity (Wildman–Crippen MR) is 75.7 cm³/mol. The van der Waals surface area contributed by atoms with Gasteiger partial charge in [0.1, 0.15) is 12.4 Å². The monoisotopic (exact) mass is 282 g/mol. The molecule has 0 aliphatic carbocycles. The molecule has 0 bridgehead atoms. The minimum atomic E-state index is 0. The fraction of sp³-hybridized carbons (Fsp3) is 0.500. The van der Waals surface area contributed by atoms with Crippen LogP contribution in [0.5, 0.6) is 5.75 Å². The molecule has 19 heavy (non-hydrogen) atoms. The highest BCUT2D eigenvalue weighted by Crippen LogP contribution is 2.31. The number of carbonyl (C=O) groups excluding carboxylic acids is 1. The Hall–Kier alpha value is -1.26. The summed E-state index contributed by atoms with van der Waals surface area (Å²) < 4.78 is 5.55. The van der Waals surface area contributed by atoms with Gasteiger partial charge in [-0.25, -0.2) is 0 Å². The Labute approximate surface area is 119 Å². The third kappa shape index (κ3) is 3.19. The Morgan fingerprint density at radius 1 is 1.42 bits per heavy atom. The Kier molecular flexibility index (Phi) is 4.66. The summed E-state index contributed by atoms with van der Waals surface area (Å²) in [6.07, 6.45) is 1.72. The van der Waals surface area contributed by atoms with Gasteiger partial charge in [0, 0.05) is 12.0 Å². The summed E-state index contributed by atoms with van der Waals surface area (Å²) in [5.41, 5.74) is 1.09. The van der Waals surface area contributed by atoms with Crippen LogP contribution >= 0.6 is 12.4 Å². The van der Waals surface area contributed by atoms with Crippen molar-refractivity contribution in [3.8, 4) is 5.75 Å². The molecule has 2 aliphatic rings. The molecule has 1 amide bonds. The third-order valence-electron chi connectivity index (χ3n) is 3.67. The van der Waals surface area contributed by atoms with E-state index in [0.717, 1.165) is 30.8 Å². The number of para-hydroxylation sites is 1. The highest BCUT2D eigenvalue weighted by Gasteiger charge is 2.26. The number of ether oxygens (including phenoxy) is 1. The molecular weight excluding hydrogens is 264 g/mol. The van der Waals surface area contributed by atoms with Gasteiger partial charge >= 0.3 is 0 Å². The number of nitrogens with one attached hydrogen (secondary N) is 2. The second kappa shape index (κ2) is 6.26. The molecule has 1 fully saturated rings. The molecule has 0 radical (unpaired) electrons. The van der Waals surface area contributed by atoms with E-state index in [0.29, 0.717) is 18.9 Å². The van der Waals surface area contributed by atoms with E-state index in [4.69, 9.17) is 4.74 Å². The molecule has 104 valence electrons. The van der Waals surface area contributed by atoms with Crippen LogP contribution in [0.4, 0.5) is 0 Å². The zero-order chi connectivity index (χ0) is 12.4. The van der Waals surface area contributed by atoms with E-state index >= 15 is 0 Å². The molecule has 0 spiro atoms. The lowest BCUT2D eigenvalue weighted by atomic mass is 10.0. The van der Waals surface area contributed by atoms with E-state index in [2.05, 4.69) is 10.6 Å². The van der Waals surface area contributed by atoms with Crippen LogP contribution < -0.4 is 15.4 Å². The van der Waals surface area contributed by atoms with Crippen molar-refractivity contribution in [1.82, 2.24) is 10.6 Å². The van der Waals surface area contributed by atoms with Crippen molar-refractivity contribution < 1.29 is 9.53 Å². The molecule has 0 saturated carbocycles. The molecule has 2 heterocycles. The minimum absolute atomic E-state index is 0. The molecule has 5 heteroatoms. The van der Waals surface area contributed by atoms with Crippen molar-refractivity contribution >= 4 is 18.3 Å². The number of rotatable bonds is 3. The largest absolute Gasteiger partial charge is 0.491 e. The van der Waals surface area contributed by atoms with E-state index < -0.39 is 0 Å². The lowest BCUT2D eigenvalue weighted by molar-refractivity contribution is -0.122. The molecule has 4 nitrogen and oxygen atoms in total. The first-order chi connectivity index (χ1) is 8.83. The molecule has 2 N–H and O–H groups in total. The molecule has 0 aromatic heterocycles. The SMILES string of the molecule is Cl.O=C(CC1CCNC1)NC1COc2ccccc21. The predicted octanol–water partition coefficient (Wildman–Crippen LogP) is 1.66. The first-order valence-corrected chi connectivity index (χ1v) is 6.55. The Bertz CT molecular complexity index is 447. The van der Waals surface area contributed by atoms with Gasteiger partial charge in [-0.3, -0.25) is 4.79 Å². The summed E-state index contributed by atoms with van der Waals surface area (Å²) >= 11 is 0. The number of benzene rings is 1. The standard InChI is InChI=1S/C14H18N2O2.ClH/c17-14(7-10-5-6-15-8-10)16-12-9-18-13-4-2-1-3-11(12)13;/h1-4,10,12,15H,5-9H2,(H,16,17);1H. The van der Waals surface area contributed by atoms with Gasteiger partial charge < -0.3 is 15.4 Å². The summed E-state index contributed by atoms with van der Waals surface area (Å²) in [7, 11) is 0. The number of halogens is 1. The van der Waals surface area contributed by atoms with Crippen molar-refractivity contribution in [3.63, 3.8) is 0 Å². The van der Waals surface area contributed by atoms with Gasteiger partial charge in [-0.15, -0.1) is 12.4 Å². The highest BCUT2D eigenvalue weighted by molar-refractivity contribution is 5.85. The first kappa shape index (κ1) is 14.2. The molecule has 2 aliphatic heterocycles. The Balaban J connectivity index is 0.00000133. The van der Waals surface area contributed by atoms with Gasteiger partial charge in [0.15, 0.2) is 0 Å². The van der Waals surface area contributed by atoms with E-state index in [1.54, 1.807) is 0 Å². The summed E-state index contributed by atoms with van der Waals surface area (Å²) in [5, 5.41) is 6.35. The average molecular weight is 283 g/mol. The fourth-order valence-electron chi connectivity index (χ4n) is 2.69. The molecule has 1 aromatic rings. The number of hydrogen-bond acceptors (Lipinski definition) is 3. The van der Waals surface area contributed by atoms with Gasteiger partial charge in [-0.2, -0.15) is 0 Å². The second-order valence-electron chi connectivity index (χ2n) is 5.03. The number of fused-ring (bicyclic) bond motifs is 1. The number of hydrogen-bond donors (Lipinski definition) is 2. The maximum absolute atomic E-state index is 12.0. The van der Waals surface area contributed by atoms with Gasteiger partial charge in [-0.1, -0.05) is 18.2 Å². The summed E-state index contributed by atoms with van der Waals surface area (Å²) in [6.45, 7) is 2.55. The summed E-state index contributed by atoms with van der Waals surface area (Å²) in [6, 6.07) is 7.91. The molecule has 3 rings (SSSR count). The Morgan fingerprint density at radius 2 is 2.26 bits per heavy atom. The van der Waals surface area contributed by atoms with Crippen molar-refractivity contribution in [1.29, 1.82) is 0 Å². The van der Waals surface area contributed by atoms with Crippen LogP contribution in [0.3, 0.4) is 0 Å². The van der Waals surface area contributed by atoms with E-state index in [1.165, 1.54) is 0 Å². The summed E-state index contributed by atoms with van der Waals surface area (Å²) in [5.74, 6) is 1.52. The smallest absolute Gasteiger partial charge is 0.220 e. The maximum Gasteiger partial charge on any atom is 0.220 e. The number of amides is 1. The van der Waals surface area contributed by atoms with Crippen molar-refractivity contribution in [2.45, 2.75) is 18.9 Å². The normalized spacial score (nSPS) is 24.2. The van der Waals surface area contributed by atoms with Crippen LogP contribution in [0, 0.1) is 5.92 Å². The third-order valence-corrected chi connectivity index (χ3v) is 3.67. The van der Waals surface area contributed by atoms with Crippen LogP contribution in [0.25, 0.3) is 0 Å². The quantitative estimate of drug-likeness (QED) is 0.886. The Morgan fingerprint density at radius 3 is 3.05 bits per heavy atom. The van der Waals surface area contributed by atoms with Crippen LogP contribution in [-0.4, -0.2) is 25.6 Å². The lowest BCUT2D eigenvalue weighted by Gasteiger charge is -2.13. The lowest BCUT2D eigenvalue weighted by Crippen LogP contribution is -2.31. The van der Waals surface area contributed by atoms with E-state index in [9.17, 15) is 4.79 Å². The number of carbonyl (C=O) groups is 1. The molecule has 2 atom stereocenters. The van der Waals surface area contributed by atoms with Crippen molar-refractivity contribution in [2.24, 2.45) is 5.92 Å². The second-order valence-corrected chi connectivity index (χ2v) is 5.03. The molecule has 2 unspecified atom stereocenters. The molecule has 1 saturated heterocycles. The fourth-order valence-corrected chi connectivity index (χ4v) is 2.69. The van der Waals surface area contributed by atoms with Gasteiger partial charge in [0.05, 0.1) is 6.04 Å². The van der Waals surface area contributed by atoms with Crippen molar-refractivity contribution in [2.75, 3.05) is 19.7 Å². The highest BCUT2D eigenvalue weighted by atomic mass is 35.5. The molecular formula is C14H19ClN2O2. The van der Waals surface area contributed by atoms with Crippen LogP contribution in [-0.2, 0) is 4.79 Å². The van der Waals surface area contributed by atoms with Crippen LogP contribution in [0.1, 0.15) is 24.4 Å². The van der Waals surface area contributed by atoms with Crippen molar-refractivity contribution in [3.05, 3.63) is 29.8 Å².